The average Bonchev–Trinajstić information content (AvgIpc) is 2.42. The van der Waals surface area contributed by atoms with Crippen molar-refractivity contribution in [3.8, 4) is 0 Å². The number of carbonyl (C=O) groups excluding carboxylic acids is 1. The van der Waals surface area contributed by atoms with Crippen molar-refractivity contribution < 1.29 is 4.79 Å². The third kappa shape index (κ3) is 3.83. The SMILES string of the molecule is Cc1ccc(C(=O)Nc2c(C)cc(NC(N)=S)cc2C)cc1. The zero-order valence-corrected chi connectivity index (χ0v) is 13.7. The van der Waals surface area contributed by atoms with Crippen LogP contribution in [0.2, 0.25) is 0 Å². The Bertz CT molecular complexity index is 700. The second-order valence-corrected chi connectivity index (χ2v) is 5.73. The van der Waals surface area contributed by atoms with Crippen molar-refractivity contribution in [3.63, 3.8) is 0 Å². The van der Waals surface area contributed by atoms with Crippen molar-refractivity contribution in [2.75, 3.05) is 10.6 Å². The molecule has 0 radical (unpaired) electrons. The van der Waals surface area contributed by atoms with Crippen LogP contribution < -0.4 is 16.4 Å². The molecule has 0 fully saturated rings. The predicted octanol–water partition coefficient (Wildman–Crippen LogP) is 3.52. The first-order chi connectivity index (χ1) is 10.4. The van der Waals surface area contributed by atoms with Crippen LogP contribution in [0, 0.1) is 20.8 Å². The molecule has 2 rings (SSSR count). The molecule has 0 spiro atoms. The Kier molecular flexibility index (Phi) is 4.78. The van der Waals surface area contributed by atoms with Crippen LogP contribution in [-0.2, 0) is 0 Å². The second-order valence-electron chi connectivity index (χ2n) is 5.29. The molecule has 4 nitrogen and oxygen atoms in total. The monoisotopic (exact) mass is 313 g/mol. The summed E-state index contributed by atoms with van der Waals surface area (Å²) in [6.45, 7) is 5.86. The zero-order valence-electron chi connectivity index (χ0n) is 12.9. The van der Waals surface area contributed by atoms with Gasteiger partial charge in [-0.15, -0.1) is 0 Å². The number of nitrogens with one attached hydrogen (secondary N) is 2. The fourth-order valence-electron chi connectivity index (χ4n) is 2.27. The Morgan fingerprint density at radius 3 is 2.05 bits per heavy atom. The highest BCUT2D eigenvalue weighted by atomic mass is 32.1. The maximum atomic E-state index is 12.3. The van der Waals surface area contributed by atoms with Crippen molar-refractivity contribution in [1.29, 1.82) is 0 Å². The van der Waals surface area contributed by atoms with Gasteiger partial charge in [0.25, 0.3) is 5.91 Å². The second kappa shape index (κ2) is 6.58. The van der Waals surface area contributed by atoms with Crippen LogP contribution in [0.5, 0.6) is 0 Å². The highest BCUT2D eigenvalue weighted by Crippen LogP contribution is 2.25. The lowest BCUT2D eigenvalue weighted by molar-refractivity contribution is 0.102. The summed E-state index contributed by atoms with van der Waals surface area (Å²) in [5, 5.41) is 6.08. The van der Waals surface area contributed by atoms with Gasteiger partial charge in [-0.25, -0.2) is 0 Å². The van der Waals surface area contributed by atoms with Gasteiger partial charge in [0.1, 0.15) is 0 Å². The lowest BCUT2D eigenvalue weighted by atomic mass is 10.1. The summed E-state index contributed by atoms with van der Waals surface area (Å²) < 4.78 is 0. The smallest absolute Gasteiger partial charge is 0.255 e. The number of rotatable bonds is 3. The standard InChI is InChI=1S/C17H19N3OS/c1-10-4-6-13(7-5-10)16(21)20-15-11(2)8-14(9-12(15)3)19-17(18)22/h4-9H,1-3H3,(H,20,21)(H3,18,19,22). The molecule has 0 aliphatic carbocycles. The van der Waals surface area contributed by atoms with Crippen LogP contribution >= 0.6 is 12.2 Å². The molecule has 22 heavy (non-hydrogen) atoms. The molecule has 0 aliphatic heterocycles. The molecule has 0 saturated carbocycles. The number of hydrogen-bond donors (Lipinski definition) is 3. The molecule has 0 aliphatic rings. The number of amides is 1. The highest BCUT2D eigenvalue weighted by Gasteiger charge is 2.11. The Hall–Kier alpha value is -2.40. The molecule has 0 aromatic heterocycles. The van der Waals surface area contributed by atoms with Crippen molar-refractivity contribution in [1.82, 2.24) is 0 Å². The number of benzene rings is 2. The molecule has 1 amide bonds. The molecule has 0 bridgehead atoms. The predicted molar refractivity (Wildman–Crippen MR) is 95.5 cm³/mol. The van der Waals surface area contributed by atoms with Crippen LogP contribution in [0.15, 0.2) is 36.4 Å². The minimum atomic E-state index is -0.124. The van der Waals surface area contributed by atoms with Gasteiger partial charge in [0.05, 0.1) is 0 Å². The van der Waals surface area contributed by atoms with E-state index in [-0.39, 0.29) is 11.0 Å². The molecular weight excluding hydrogens is 294 g/mol. The van der Waals surface area contributed by atoms with E-state index in [9.17, 15) is 4.79 Å². The van der Waals surface area contributed by atoms with E-state index in [0.717, 1.165) is 28.1 Å². The van der Waals surface area contributed by atoms with Gasteiger partial charge in [-0.2, -0.15) is 0 Å². The molecule has 0 saturated heterocycles. The first-order valence-corrected chi connectivity index (χ1v) is 7.33. The number of carbonyl (C=O) groups is 1. The fourth-order valence-corrected chi connectivity index (χ4v) is 2.38. The zero-order chi connectivity index (χ0) is 16.3. The summed E-state index contributed by atoms with van der Waals surface area (Å²) in [4.78, 5) is 12.3. The first-order valence-electron chi connectivity index (χ1n) is 6.92. The normalized spacial score (nSPS) is 10.1. The summed E-state index contributed by atoms with van der Waals surface area (Å²) in [5.41, 5.74) is 10.7. The van der Waals surface area contributed by atoms with Gasteiger partial charge < -0.3 is 16.4 Å². The van der Waals surface area contributed by atoms with Crippen molar-refractivity contribution >= 4 is 34.6 Å². The lowest BCUT2D eigenvalue weighted by Crippen LogP contribution is -2.19. The minimum Gasteiger partial charge on any atom is -0.376 e. The van der Waals surface area contributed by atoms with Gasteiger partial charge >= 0.3 is 0 Å². The van der Waals surface area contributed by atoms with Crippen molar-refractivity contribution in [2.45, 2.75) is 20.8 Å². The highest BCUT2D eigenvalue weighted by molar-refractivity contribution is 7.80. The van der Waals surface area contributed by atoms with Crippen molar-refractivity contribution in [2.24, 2.45) is 5.73 Å². The van der Waals surface area contributed by atoms with Gasteiger partial charge in [0.15, 0.2) is 5.11 Å². The number of aryl methyl sites for hydroxylation is 3. The fraction of sp³-hybridized carbons (Fsp3) is 0.176. The lowest BCUT2D eigenvalue weighted by Gasteiger charge is -2.14. The summed E-state index contributed by atoms with van der Waals surface area (Å²) in [5.74, 6) is -0.124. The largest absolute Gasteiger partial charge is 0.376 e. The third-order valence-electron chi connectivity index (χ3n) is 3.35. The van der Waals surface area contributed by atoms with E-state index in [1.807, 2.05) is 57.2 Å². The molecule has 0 heterocycles. The summed E-state index contributed by atoms with van der Waals surface area (Å²) in [6, 6.07) is 11.3. The first kappa shape index (κ1) is 16.0. The van der Waals surface area contributed by atoms with Gasteiger partial charge in [-0.05, 0) is 68.4 Å². The Morgan fingerprint density at radius 1 is 1.00 bits per heavy atom. The third-order valence-corrected chi connectivity index (χ3v) is 3.45. The Balaban J connectivity index is 2.24. The number of thiocarbonyl (C=S) groups is 1. The quantitative estimate of drug-likeness (QED) is 0.759. The van der Waals surface area contributed by atoms with Gasteiger partial charge in [0, 0.05) is 16.9 Å². The molecule has 5 heteroatoms. The topological polar surface area (TPSA) is 67.2 Å². The molecule has 0 unspecified atom stereocenters. The molecule has 4 N–H and O–H groups in total. The maximum Gasteiger partial charge on any atom is 0.255 e. The van der Waals surface area contributed by atoms with E-state index in [1.165, 1.54) is 0 Å². The molecular formula is C17H19N3OS. The van der Waals surface area contributed by atoms with E-state index >= 15 is 0 Å². The summed E-state index contributed by atoms with van der Waals surface area (Å²) >= 11 is 4.84. The Labute approximate surface area is 135 Å². The minimum absolute atomic E-state index is 0.124. The Morgan fingerprint density at radius 2 is 1.55 bits per heavy atom. The molecule has 114 valence electrons. The van der Waals surface area contributed by atoms with Crippen LogP contribution in [0.25, 0.3) is 0 Å². The van der Waals surface area contributed by atoms with E-state index < -0.39 is 0 Å². The van der Waals surface area contributed by atoms with E-state index in [0.29, 0.717) is 5.56 Å². The summed E-state index contributed by atoms with van der Waals surface area (Å²) in [6.07, 6.45) is 0. The van der Waals surface area contributed by atoms with Crippen LogP contribution in [0.4, 0.5) is 11.4 Å². The van der Waals surface area contributed by atoms with E-state index in [1.54, 1.807) is 0 Å². The van der Waals surface area contributed by atoms with Crippen LogP contribution in [-0.4, -0.2) is 11.0 Å². The van der Waals surface area contributed by atoms with Gasteiger partial charge in [-0.1, -0.05) is 17.7 Å². The average molecular weight is 313 g/mol. The van der Waals surface area contributed by atoms with Crippen LogP contribution in [0.3, 0.4) is 0 Å². The molecule has 2 aromatic rings. The van der Waals surface area contributed by atoms with Crippen LogP contribution in [0.1, 0.15) is 27.0 Å². The molecule has 0 atom stereocenters. The number of hydrogen-bond acceptors (Lipinski definition) is 2. The van der Waals surface area contributed by atoms with Gasteiger partial charge in [0.2, 0.25) is 0 Å². The van der Waals surface area contributed by atoms with Crippen molar-refractivity contribution in [3.05, 3.63) is 58.7 Å². The van der Waals surface area contributed by atoms with Gasteiger partial charge in [-0.3, -0.25) is 4.79 Å². The maximum absolute atomic E-state index is 12.3. The van der Waals surface area contributed by atoms with E-state index in [4.69, 9.17) is 18.0 Å². The summed E-state index contributed by atoms with van der Waals surface area (Å²) in [7, 11) is 0. The number of nitrogens with two attached hydrogens (primary N) is 1. The molecule has 2 aromatic carbocycles. The number of anilines is 2. The van der Waals surface area contributed by atoms with E-state index in [2.05, 4.69) is 10.6 Å².